The second-order valence-electron chi connectivity index (χ2n) is 7.08. The number of hydrogen-bond acceptors (Lipinski definition) is 4. The summed E-state index contributed by atoms with van der Waals surface area (Å²) < 4.78 is 2.78. The van der Waals surface area contributed by atoms with E-state index < -0.39 is 0 Å². The van der Waals surface area contributed by atoms with Gasteiger partial charge in [0.2, 0.25) is 5.95 Å². The lowest BCUT2D eigenvalue weighted by atomic mass is 9.76. The van der Waals surface area contributed by atoms with Gasteiger partial charge in [0, 0.05) is 27.5 Å². The van der Waals surface area contributed by atoms with E-state index in [1.54, 1.807) is 0 Å². The first-order chi connectivity index (χ1) is 13.6. The first kappa shape index (κ1) is 17.6. The summed E-state index contributed by atoms with van der Waals surface area (Å²) in [7, 11) is 0. The number of carbonyl (C=O) groups excluding carboxylic acids is 1. The minimum absolute atomic E-state index is 0.0150. The Morgan fingerprint density at radius 3 is 2.75 bits per heavy atom. The van der Waals surface area contributed by atoms with Crippen LogP contribution in [0.25, 0.3) is 0 Å². The van der Waals surface area contributed by atoms with Crippen LogP contribution in [0.4, 0.5) is 5.95 Å². The average Bonchev–Trinajstić information content (AvgIpc) is 3.15. The molecule has 3 atom stereocenters. The Hall–Kier alpha value is -2.44. The molecule has 1 aliphatic carbocycles. The Bertz CT molecular complexity index is 1090. The fraction of sp³-hybridized carbons (Fsp3) is 0.190. The zero-order valence-corrected chi connectivity index (χ0v) is 17.1. The van der Waals surface area contributed by atoms with E-state index in [0.29, 0.717) is 17.4 Å². The molecule has 5 rings (SSSR count). The number of benzene rings is 2. The summed E-state index contributed by atoms with van der Waals surface area (Å²) >= 11 is 9.55. The highest BCUT2D eigenvalue weighted by Crippen LogP contribution is 2.44. The number of carbonyl (C=O) groups is 1. The third-order valence-electron chi connectivity index (χ3n) is 5.38. The quantitative estimate of drug-likeness (QED) is 0.593. The van der Waals surface area contributed by atoms with Gasteiger partial charge in [0.15, 0.2) is 0 Å². The number of nitrogens with one attached hydrogen (secondary N) is 1. The fourth-order valence-corrected chi connectivity index (χ4v) is 4.67. The molecule has 2 aliphatic rings. The molecule has 1 N–H and O–H groups in total. The van der Waals surface area contributed by atoms with E-state index in [4.69, 9.17) is 11.6 Å². The molecule has 0 radical (unpaired) electrons. The molecular formula is C21H16BrClN4O. The van der Waals surface area contributed by atoms with Crippen LogP contribution in [-0.4, -0.2) is 20.5 Å². The summed E-state index contributed by atoms with van der Waals surface area (Å²) in [6.07, 6.45) is 4.12. The molecule has 1 aromatic heterocycles. The first-order valence-corrected chi connectivity index (χ1v) is 10.2. The Balaban J connectivity index is 1.61. The molecule has 0 amide bonds. The minimum atomic E-state index is -0.313. The van der Waals surface area contributed by atoms with Crippen LogP contribution in [0, 0.1) is 5.92 Å². The van der Waals surface area contributed by atoms with Gasteiger partial charge in [0.1, 0.15) is 12.1 Å². The number of fused-ring (bicyclic) bond motifs is 2. The van der Waals surface area contributed by atoms with Crippen LogP contribution >= 0.6 is 27.5 Å². The van der Waals surface area contributed by atoms with E-state index in [-0.39, 0.29) is 23.7 Å². The molecule has 7 heteroatoms. The van der Waals surface area contributed by atoms with Crippen LogP contribution in [0.15, 0.2) is 71.1 Å². The van der Waals surface area contributed by atoms with Crippen molar-refractivity contribution in [1.29, 1.82) is 0 Å². The van der Waals surface area contributed by atoms with Crippen molar-refractivity contribution in [2.75, 3.05) is 5.32 Å². The SMILES string of the molecule is O=C1C[C@H](c2ccc(Cl)cc2)C=C2Nc3ncnn3[C@@H](c3cccc(Br)c3)[C@H]12. The number of anilines is 1. The molecule has 0 saturated heterocycles. The van der Waals surface area contributed by atoms with Crippen LogP contribution in [0.3, 0.4) is 0 Å². The van der Waals surface area contributed by atoms with Crippen LogP contribution in [0.2, 0.25) is 5.02 Å². The van der Waals surface area contributed by atoms with Gasteiger partial charge >= 0.3 is 0 Å². The zero-order valence-electron chi connectivity index (χ0n) is 14.7. The smallest absolute Gasteiger partial charge is 0.226 e. The lowest BCUT2D eigenvalue weighted by Gasteiger charge is -2.38. The van der Waals surface area contributed by atoms with Crippen LogP contribution in [-0.2, 0) is 4.79 Å². The summed E-state index contributed by atoms with van der Waals surface area (Å²) in [6.45, 7) is 0. The summed E-state index contributed by atoms with van der Waals surface area (Å²) in [6, 6.07) is 15.5. The number of hydrogen-bond donors (Lipinski definition) is 1. The van der Waals surface area contributed by atoms with Crippen molar-refractivity contribution in [3.8, 4) is 0 Å². The maximum Gasteiger partial charge on any atom is 0.226 e. The summed E-state index contributed by atoms with van der Waals surface area (Å²) in [5, 5.41) is 8.41. The average molecular weight is 456 g/mol. The Morgan fingerprint density at radius 1 is 1.14 bits per heavy atom. The number of ketones is 1. The molecule has 2 aromatic carbocycles. The summed E-state index contributed by atoms with van der Waals surface area (Å²) in [5.74, 6) is 0.543. The Kier molecular flexibility index (Phi) is 4.33. The zero-order chi connectivity index (χ0) is 19.3. The van der Waals surface area contributed by atoms with Crippen molar-refractivity contribution in [2.24, 2.45) is 5.92 Å². The molecule has 0 unspecified atom stereocenters. The van der Waals surface area contributed by atoms with Crippen LogP contribution < -0.4 is 5.32 Å². The van der Waals surface area contributed by atoms with Gasteiger partial charge in [-0.2, -0.15) is 10.1 Å². The molecule has 3 aromatic rings. The van der Waals surface area contributed by atoms with Gasteiger partial charge in [-0.3, -0.25) is 4.79 Å². The molecule has 140 valence electrons. The van der Waals surface area contributed by atoms with Gasteiger partial charge in [-0.25, -0.2) is 4.68 Å². The van der Waals surface area contributed by atoms with Gasteiger partial charge in [0.05, 0.1) is 12.0 Å². The van der Waals surface area contributed by atoms with E-state index >= 15 is 0 Å². The maximum absolute atomic E-state index is 13.3. The second kappa shape index (κ2) is 6.87. The lowest BCUT2D eigenvalue weighted by Crippen LogP contribution is -2.40. The van der Waals surface area contributed by atoms with Gasteiger partial charge in [-0.1, -0.05) is 57.9 Å². The largest absolute Gasteiger partial charge is 0.328 e. The molecule has 0 bridgehead atoms. The van der Waals surface area contributed by atoms with E-state index in [0.717, 1.165) is 21.3 Å². The fourth-order valence-electron chi connectivity index (χ4n) is 4.12. The third kappa shape index (κ3) is 2.97. The molecular weight excluding hydrogens is 440 g/mol. The van der Waals surface area contributed by atoms with E-state index in [1.165, 1.54) is 6.33 Å². The van der Waals surface area contributed by atoms with Crippen molar-refractivity contribution in [2.45, 2.75) is 18.4 Å². The van der Waals surface area contributed by atoms with Crippen LogP contribution in [0.5, 0.6) is 0 Å². The maximum atomic E-state index is 13.3. The first-order valence-electron chi connectivity index (χ1n) is 9.02. The van der Waals surface area contributed by atoms with Gasteiger partial charge in [-0.15, -0.1) is 0 Å². The summed E-state index contributed by atoms with van der Waals surface area (Å²) in [4.78, 5) is 17.6. The van der Waals surface area contributed by atoms with Crippen molar-refractivity contribution >= 4 is 39.3 Å². The molecule has 5 nitrogen and oxygen atoms in total. The van der Waals surface area contributed by atoms with Crippen molar-refractivity contribution in [3.63, 3.8) is 0 Å². The van der Waals surface area contributed by atoms with Gasteiger partial charge in [0.25, 0.3) is 0 Å². The number of nitrogens with zero attached hydrogens (tertiary/aromatic N) is 3. The number of halogens is 2. The Morgan fingerprint density at radius 2 is 1.96 bits per heavy atom. The molecule has 2 heterocycles. The number of aromatic nitrogens is 3. The normalized spacial score (nSPS) is 23.4. The number of Topliss-reactive ketones (excluding diaryl/α,β-unsaturated/α-hetero) is 1. The van der Waals surface area contributed by atoms with Gasteiger partial charge in [-0.05, 0) is 35.4 Å². The summed E-state index contributed by atoms with van der Waals surface area (Å²) in [5.41, 5.74) is 3.00. The third-order valence-corrected chi connectivity index (χ3v) is 6.13. The highest BCUT2D eigenvalue weighted by atomic mass is 79.9. The standard InChI is InChI=1S/C21H16BrClN4O/c22-15-3-1-2-13(8-15)20-19-17(26-21-24-11-25-27(20)21)9-14(10-18(19)28)12-4-6-16(23)7-5-12/h1-9,11,14,19-20H,10H2,(H,24,25,26)/t14-,19+,20+/m1/s1. The minimum Gasteiger partial charge on any atom is -0.328 e. The van der Waals surface area contributed by atoms with E-state index in [9.17, 15) is 4.79 Å². The molecule has 0 saturated carbocycles. The topological polar surface area (TPSA) is 59.8 Å². The van der Waals surface area contributed by atoms with Crippen molar-refractivity contribution < 1.29 is 4.79 Å². The number of allylic oxidation sites excluding steroid dienone is 2. The van der Waals surface area contributed by atoms with Crippen molar-refractivity contribution in [1.82, 2.24) is 14.8 Å². The predicted octanol–water partition coefficient (Wildman–Crippen LogP) is 4.97. The lowest BCUT2D eigenvalue weighted by molar-refractivity contribution is -0.123. The molecule has 1 aliphatic heterocycles. The number of rotatable bonds is 2. The highest BCUT2D eigenvalue weighted by Gasteiger charge is 2.43. The second-order valence-corrected chi connectivity index (χ2v) is 8.43. The van der Waals surface area contributed by atoms with E-state index in [1.807, 2.05) is 53.2 Å². The van der Waals surface area contributed by atoms with Crippen LogP contribution in [0.1, 0.15) is 29.5 Å². The van der Waals surface area contributed by atoms with Gasteiger partial charge < -0.3 is 5.32 Å². The van der Waals surface area contributed by atoms with E-state index in [2.05, 4.69) is 37.4 Å². The monoisotopic (exact) mass is 454 g/mol. The molecule has 28 heavy (non-hydrogen) atoms. The highest BCUT2D eigenvalue weighted by molar-refractivity contribution is 9.10. The predicted molar refractivity (Wildman–Crippen MR) is 111 cm³/mol. The molecule has 0 fully saturated rings. The Labute approximate surface area is 175 Å². The van der Waals surface area contributed by atoms with Crippen molar-refractivity contribution in [3.05, 3.63) is 87.3 Å². The molecule has 0 spiro atoms.